The highest BCUT2D eigenvalue weighted by molar-refractivity contribution is 7.88. The van der Waals surface area contributed by atoms with Crippen molar-refractivity contribution in [3.05, 3.63) is 0 Å². The number of likely N-dealkylation sites (tertiary alicyclic amines) is 1. The van der Waals surface area contributed by atoms with Crippen molar-refractivity contribution < 1.29 is 13.2 Å². The van der Waals surface area contributed by atoms with E-state index in [4.69, 9.17) is 5.73 Å². The van der Waals surface area contributed by atoms with Crippen LogP contribution >= 0.6 is 0 Å². The molecule has 0 spiro atoms. The second-order valence-electron chi connectivity index (χ2n) is 6.01. The minimum atomic E-state index is -3.17. The average Bonchev–Trinajstić information content (AvgIpc) is 3.11. The van der Waals surface area contributed by atoms with Gasteiger partial charge in [-0.2, -0.15) is 0 Å². The number of carbonyl (C=O) groups is 1. The summed E-state index contributed by atoms with van der Waals surface area (Å²) in [6, 6.07) is -0.0657. The average molecular weight is 289 g/mol. The topological polar surface area (TPSA) is 92.5 Å². The molecule has 19 heavy (non-hydrogen) atoms. The summed E-state index contributed by atoms with van der Waals surface area (Å²) in [6.07, 6.45) is 4.53. The van der Waals surface area contributed by atoms with E-state index in [9.17, 15) is 13.2 Å². The summed E-state index contributed by atoms with van der Waals surface area (Å²) in [7, 11) is -3.17. The maximum atomic E-state index is 12.4. The molecule has 0 aromatic heterocycles. The third-order valence-electron chi connectivity index (χ3n) is 4.05. The van der Waals surface area contributed by atoms with E-state index in [1.165, 1.54) is 0 Å². The van der Waals surface area contributed by atoms with Gasteiger partial charge in [0.15, 0.2) is 0 Å². The van der Waals surface area contributed by atoms with E-state index < -0.39 is 15.6 Å². The monoisotopic (exact) mass is 289 g/mol. The number of hydrogen-bond donors (Lipinski definition) is 2. The Morgan fingerprint density at radius 1 is 1.26 bits per heavy atom. The lowest BCUT2D eigenvalue weighted by Gasteiger charge is -2.37. The fraction of sp³-hybridized carbons (Fsp3) is 0.917. The van der Waals surface area contributed by atoms with E-state index in [-0.39, 0.29) is 11.9 Å². The Balaban J connectivity index is 1.88. The van der Waals surface area contributed by atoms with Gasteiger partial charge in [-0.15, -0.1) is 0 Å². The van der Waals surface area contributed by atoms with E-state index in [1.54, 1.807) is 4.90 Å². The third-order valence-corrected chi connectivity index (χ3v) is 4.81. The van der Waals surface area contributed by atoms with Crippen LogP contribution in [0.15, 0.2) is 0 Å². The first kappa shape index (κ1) is 14.7. The summed E-state index contributed by atoms with van der Waals surface area (Å²) in [5.41, 5.74) is 5.38. The third kappa shape index (κ3) is 3.67. The van der Waals surface area contributed by atoms with Gasteiger partial charge in [0.1, 0.15) is 0 Å². The molecule has 1 aliphatic carbocycles. The smallest absolute Gasteiger partial charge is 0.242 e. The molecule has 0 radical (unpaired) electrons. The van der Waals surface area contributed by atoms with Gasteiger partial charge in [-0.1, -0.05) is 0 Å². The molecule has 0 bridgehead atoms. The maximum Gasteiger partial charge on any atom is 0.242 e. The minimum Gasteiger partial charge on any atom is -0.341 e. The number of rotatable bonds is 4. The summed E-state index contributed by atoms with van der Waals surface area (Å²) in [4.78, 5) is 14.1. The van der Waals surface area contributed by atoms with Crippen molar-refractivity contribution in [3.8, 4) is 0 Å². The molecule has 1 amide bonds. The molecule has 1 unspecified atom stereocenters. The molecular formula is C12H23N3O3S. The van der Waals surface area contributed by atoms with Crippen LogP contribution in [0.5, 0.6) is 0 Å². The van der Waals surface area contributed by atoms with Crippen LogP contribution in [0.3, 0.4) is 0 Å². The molecule has 2 rings (SSSR count). The largest absolute Gasteiger partial charge is 0.341 e. The Labute approximate surface area is 114 Å². The van der Waals surface area contributed by atoms with E-state index in [0.29, 0.717) is 31.8 Å². The predicted molar refractivity (Wildman–Crippen MR) is 72.9 cm³/mol. The summed E-state index contributed by atoms with van der Waals surface area (Å²) < 4.78 is 24.9. The van der Waals surface area contributed by atoms with Crippen LogP contribution in [-0.2, 0) is 14.8 Å². The van der Waals surface area contributed by atoms with Crippen molar-refractivity contribution in [2.24, 2.45) is 11.7 Å². The van der Waals surface area contributed by atoms with Crippen molar-refractivity contribution in [1.29, 1.82) is 0 Å². The van der Waals surface area contributed by atoms with Gasteiger partial charge >= 0.3 is 0 Å². The van der Waals surface area contributed by atoms with Crippen LogP contribution in [0.1, 0.15) is 32.6 Å². The number of sulfonamides is 1. The summed E-state index contributed by atoms with van der Waals surface area (Å²) in [5.74, 6) is 0.319. The van der Waals surface area contributed by atoms with Gasteiger partial charge in [-0.3, -0.25) is 4.79 Å². The van der Waals surface area contributed by atoms with Gasteiger partial charge in [-0.25, -0.2) is 13.1 Å². The predicted octanol–water partition coefficient (Wildman–Crippen LogP) is -0.346. The van der Waals surface area contributed by atoms with E-state index >= 15 is 0 Å². The van der Waals surface area contributed by atoms with Gasteiger partial charge in [0, 0.05) is 19.1 Å². The Kier molecular flexibility index (Phi) is 3.90. The van der Waals surface area contributed by atoms with E-state index in [2.05, 4.69) is 4.72 Å². The first-order valence-corrected chi connectivity index (χ1v) is 8.65. The van der Waals surface area contributed by atoms with Crippen molar-refractivity contribution >= 4 is 15.9 Å². The number of carbonyl (C=O) groups excluding carboxylic acids is 1. The van der Waals surface area contributed by atoms with Crippen LogP contribution in [0, 0.1) is 5.92 Å². The lowest BCUT2D eigenvalue weighted by molar-refractivity contribution is -0.138. The molecule has 1 aliphatic heterocycles. The van der Waals surface area contributed by atoms with Crippen LogP contribution in [-0.4, -0.2) is 50.2 Å². The van der Waals surface area contributed by atoms with E-state index in [0.717, 1.165) is 19.1 Å². The SMILES string of the molecule is CC(N)(C(=O)N1CCC(NS(C)(=O)=O)CC1)C1CC1. The lowest BCUT2D eigenvalue weighted by Crippen LogP contribution is -2.57. The number of nitrogens with one attached hydrogen (secondary N) is 1. The number of amides is 1. The first-order chi connectivity index (χ1) is 8.70. The second-order valence-corrected chi connectivity index (χ2v) is 7.79. The highest BCUT2D eigenvalue weighted by Crippen LogP contribution is 2.39. The number of piperidine rings is 1. The molecule has 1 saturated heterocycles. The summed E-state index contributed by atoms with van der Waals surface area (Å²) >= 11 is 0. The van der Waals surface area contributed by atoms with Gasteiger partial charge < -0.3 is 10.6 Å². The van der Waals surface area contributed by atoms with Crippen molar-refractivity contribution in [3.63, 3.8) is 0 Å². The minimum absolute atomic E-state index is 0.00723. The zero-order chi connectivity index (χ0) is 14.3. The number of hydrogen-bond acceptors (Lipinski definition) is 4. The van der Waals surface area contributed by atoms with Gasteiger partial charge in [0.2, 0.25) is 15.9 Å². The Morgan fingerprint density at radius 3 is 2.21 bits per heavy atom. The van der Waals surface area contributed by atoms with Gasteiger partial charge in [0.05, 0.1) is 11.8 Å². The van der Waals surface area contributed by atoms with Crippen molar-refractivity contribution in [1.82, 2.24) is 9.62 Å². The highest BCUT2D eigenvalue weighted by Gasteiger charge is 2.46. The fourth-order valence-electron chi connectivity index (χ4n) is 2.70. The van der Waals surface area contributed by atoms with Gasteiger partial charge in [-0.05, 0) is 38.5 Å². The summed E-state index contributed by atoms with van der Waals surface area (Å²) in [5, 5.41) is 0. The van der Waals surface area contributed by atoms with Crippen molar-refractivity contribution in [2.75, 3.05) is 19.3 Å². The molecule has 110 valence electrons. The molecule has 2 aliphatic rings. The quantitative estimate of drug-likeness (QED) is 0.740. The van der Waals surface area contributed by atoms with Crippen LogP contribution in [0.2, 0.25) is 0 Å². The molecular weight excluding hydrogens is 266 g/mol. The number of nitrogens with zero attached hydrogens (tertiary/aromatic N) is 1. The zero-order valence-electron chi connectivity index (χ0n) is 11.6. The van der Waals surface area contributed by atoms with Crippen LogP contribution in [0.4, 0.5) is 0 Å². The molecule has 1 atom stereocenters. The molecule has 0 aromatic rings. The number of nitrogens with two attached hydrogens (primary N) is 1. The molecule has 7 heteroatoms. The van der Waals surface area contributed by atoms with Crippen LogP contribution < -0.4 is 10.5 Å². The zero-order valence-corrected chi connectivity index (χ0v) is 12.4. The Hall–Kier alpha value is -0.660. The second kappa shape index (κ2) is 5.03. The maximum absolute atomic E-state index is 12.4. The van der Waals surface area contributed by atoms with Crippen LogP contribution in [0.25, 0.3) is 0 Å². The highest BCUT2D eigenvalue weighted by atomic mass is 32.2. The standard InChI is InChI=1S/C12H23N3O3S/c1-12(13,9-3-4-9)11(16)15-7-5-10(6-8-15)14-19(2,17)18/h9-10,14H,3-8,13H2,1-2H3. The molecule has 1 heterocycles. The van der Waals surface area contributed by atoms with E-state index in [1.807, 2.05) is 6.92 Å². The molecule has 1 saturated carbocycles. The molecule has 6 nitrogen and oxygen atoms in total. The van der Waals surface area contributed by atoms with Crippen molar-refractivity contribution in [2.45, 2.75) is 44.2 Å². The molecule has 2 fully saturated rings. The lowest BCUT2D eigenvalue weighted by atomic mass is 9.93. The fourth-order valence-corrected chi connectivity index (χ4v) is 3.54. The van der Waals surface area contributed by atoms with Gasteiger partial charge in [0.25, 0.3) is 0 Å². The first-order valence-electron chi connectivity index (χ1n) is 6.75. The normalized spacial score (nSPS) is 25.1. The summed E-state index contributed by atoms with van der Waals surface area (Å²) in [6.45, 7) is 2.96. The molecule has 0 aromatic carbocycles. The molecule has 3 N–H and O–H groups in total. The Bertz CT molecular complexity index is 449. The Morgan fingerprint density at radius 2 is 1.79 bits per heavy atom.